The molecule has 0 N–H and O–H groups in total. The van der Waals surface area contributed by atoms with Crippen LogP contribution in [-0.2, 0) is 9.47 Å². The van der Waals surface area contributed by atoms with Crippen molar-refractivity contribution in [2.24, 2.45) is 0 Å². The molecule has 2 aromatic rings. The number of hydrogen-bond donors (Lipinski definition) is 0. The van der Waals surface area contributed by atoms with Crippen LogP contribution >= 0.6 is 23.2 Å². The van der Waals surface area contributed by atoms with E-state index < -0.39 is 11.9 Å². The van der Waals surface area contributed by atoms with Gasteiger partial charge in [0.2, 0.25) is 0 Å². The molecule has 0 heterocycles. The van der Waals surface area contributed by atoms with Crippen LogP contribution in [0.1, 0.15) is 20.7 Å². The van der Waals surface area contributed by atoms with Gasteiger partial charge >= 0.3 is 11.9 Å². The number of hydrogen-bond acceptors (Lipinski definition) is 4. The zero-order chi connectivity index (χ0) is 15.9. The Kier molecular flexibility index (Phi) is 5.81. The van der Waals surface area contributed by atoms with Gasteiger partial charge in [-0.1, -0.05) is 35.3 Å². The first-order valence-corrected chi connectivity index (χ1v) is 7.18. The molecule has 0 radical (unpaired) electrons. The lowest BCUT2D eigenvalue weighted by Crippen LogP contribution is -2.14. The van der Waals surface area contributed by atoms with Gasteiger partial charge in [-0.15, -0.1) is 0 Å². The molecule has 0 amide bonds. The van der Waals surface area contributed by atoms with E-state index in [1.165, 1.54) is 0 Å². The SMILES string of the molecule is O=C(OCCOC(=O)c1ccccc1Cl)c1ccc(Cl)cc1. The first kappa shape index (κ1) is 16.3. The lowest BCUT2D eigenvalue weighted by Gasteiger charge is -2.07. The molecular weight excluding hydrogens is 327 g/mol. The largest absolute Gasteiger partial charge is 0.458 e. The molecule has 0 saturated heterocycles. The molecule has 0 aliphatic carbocycles. The van der Waals surface area contributed by atoms with Crippen LogP contribution in [0.4, 0.5) is 0 Å². The molecule has 114 valence electrons. The third-order valence-electron chi connectivity index (χ3n) is 2.72. The smallest absolute Gasteiger partial charge is 0.339 e. The van der Waals surface area contributed by atoms with Crippen LogP contribution in [0.2, 0.25) is 10.0 Å². The summed E-state index contributed by atoms with van der Waals surface area (Å²) >= 11 is 11.6. The summed E-state index contributed by atoms with van der Waals surface area (Å²) in [5.74, 6) is -1.07. The summed E-state index contributed by atoms with van der Waals surface area (Å²) in [6.45, 7) is -0.0962. The number of carbonyl (C=O) groups is 2. The molecule has 0 aliphatic heterocycles. The summed E-state index contributed by atoms with van der Waals surface area (Å²) in [6.07, 6.45) is 0. The molecule has 0 atom stereocenters. The van der Waals surface area contributed by atoms with Crippen molar-refractivity contribution in [1.82, 2.24) is 0 Å². The predicted molar refractivity (Wildman–Crippen MR) is 83.5 cm³/mol. The summed E-state index contributed by atoms with van der Waals surface area (Å²) < 4.78 is 9.98. The first-order valence-electron chi connectivity index (χ1n) is 6.42. The highest BCUT2D eigenvalue weighted by molar-refractivity contribution is 6.33. The summed E-state index contributed by atoms with van der Waals surface area (Å²) in [6, 6.07) is 12.9. The molecule has 6 heteroatoms. The summed E-state index contributed by atoms with van der Waals surface area (Å²) in [4.78, 5) is 23.5. The molecule has 0 bridgehead atoms. The number of carbonyl (C=O) groups excluding carboxylic acids is 2. The number of benzene rings is 2. The summed E-state index contributed by atoms with van der Waals surface area (Å²) in [5, 5.41) is 0.843. The van der Waals surface area contributed by atoms with E-state index in [2.05, 4.69) is 0 Å². The lowest BCUT2D eigenvalue weighted by atomic mass is 10.2. The first-order chi connectivity index (χ1) is 10.6. The van der Waals surface area contributed by atoms with E-state index in [0.29, 0.717) is 15.6 Å². The van der Waals surface area contributed by atoms with Crippen LogP contribution in [0.25, 0.3) is 0 Å². The maximum atomic E-state index is 11.8. The third-order valence-corrected chi connectivity index (χ3v) is 3.30. The Hall–Kier alpha value is -2.04. The minimum atomic E-state index is -0.562. The fourth-order valence-electron chi connectivity index (χ4n) is 1.64. The molecule has 2 aromatic carbocycles. The van der Waals surface area contributed by atoms with Gasteiger partial charge in [0.05, 0.1) is 16.1 Å². The van der Waals surface area contributed by atoms with Crippen LogP contribution in [0.3, 0.4) is 0 Å². The van der Waals surface area contributed by atoms with Crippen molar-refractivity contribution in [2.45, 2.75) is 0 Å². The minimum absolute atomic E-state index is 0.0440. The van der Waals surface area contributed by atoms with E-state index in [4.69, 9.17) is 32.7 Å². The van der Waals surface area contributed by atoms with Gasteiger partial charge in [-0.25, -0.2) is 9.59 Å². The van der Waals surface area contributed by atoms with Gasteiger partial charge in [-0.3, -0.25) is 0 Å². The van der Waals surface area contributed by atoms with Gasteiger partial charge < -0.3 is 9.47 Å². The van der Waals surface area contributed by atoms with Gasteiger partial charge in [-0.2, -0.15) is 0 Å². The second kappa shape index (κ2) is 7.82. The molecule has 0 spiro atoms. The van der Waals surface area contributed by atoms with Crippen molar-refractivity contribution >= 4 is 35.1 Å². The molecule has 0 fully saturated rings. The van der Waals surface area contributed by atoms with Crippen LogP contribution in [0, 0.1) is 0 Å². The molecule has 0 saturated carbocycles. The Morgan fingerprint density at radius 2 is 1.41 bits per heavy atom. The van der Waals surface area contributed by atoms with E-state index in [0.717, 1.165) is 0 Å². The summed E-state index contributed by atoms with van der Waals surface area (Å²) in [7, 11) is 0. The van der Waals surface area contributed by atoms with Crippen molar-refractivity contribution in [3.8, 4) is 0 Å². The Morgan fingerprint density at radius 1 is 0.818 bits per heavy atom. The highest BCUT2D eigenvalue weighted by Gasteiger charge is 2.11. The van der Waals surface area contributed by atoms with Crippen molar-refractivity contribution in [1.29, 1.82) is 0 Å². The Morgan fingerprint density at radius 3 is 2.05 bits per heavy atom. The quantitative estimate of drug-likeness (QED) is 0.610. The van der Waals surface area contributed by atoms with Gasteiger partial charge in [-0.05, 0) is 36.4 Å². The standard InChI is InChI=1S/C16H12Cl2O4/c17-12-7-5-11(6-8-12)15(19)21-9-10-22-16(20)13-3-1-2-4-14(13)18/h1-8H,9-10H2. The second-order valence-electron chi connectivity index (χ2n) is 4.26. The van der Waals surface area contributed by atoms with E-state index in [1.54, 1.807) is 48.5 Å². The zero-order valence-electron chi connectivity index (χ0n) is 11.4. The maximum Gasteiger partial charge on any atom is 0.339 e. The highest BCUT2D eigenvalue weighted by Crippen LogP contribution is 2.15. The Balaban J connectivity index is 1.77. The number of halogens is 2. The van der Waals surface area contributed by atoms with E-state index in [9.17, 15) is 9.59 Å². The minimum Gasteiger partial charge on any atom is -0.458 e. The van der Waals surface area contributed by atoms with Crippen molar-refractivity contribution in [3.05, 3.63) is 69.7 Å². The summed E-state index contributed by atoms with van der Waals surface area (Å²) in [5.41, 5.74) is 0.648. The third kappa shape index (κ3) is 4.48. The zero-order valence-corrected chi connectivity index (χ0v) is 12.9. The average molecular weight is 339 g/mol. The van der Waals surface area contributed by atoms with Crippen LogP contribution < -0.4 is 0 Å². The van der Waals surface area contributed by atoms with Crippen LogP contribution in [0.5, 0.6) is 0 Å². The predicted octanol–water partition coefficient (Wildman–Crippen LogP) is 4.01. The van der Waals surface area contributed by atoms with Gasteiger partial charge in [0.1, 0.15) is 13.2 Å². The molecular formula is C16H12Cl2O4. The van der Waals surface area contributed by atoms with E-state index in [-0.39, 0.29) is 18.8 Å². The molecule has 0 aliphatic rings. The van der Waals surface area contributed by atoms with Crippen LogP contribution in [0.15, 0.2) is 48.5 Å². The molecule has 0 unspecified atom stereocenters. The molecule has 4 nitrogen and oxygen atoms in total. The van der Waals surface area contributed by atoms with Crippen molar-refractivity contribution in [3.63, 3.8) is 0 Å². The van der Waals surface area contributed by atoms with Crippen molar-refractivity contribution in [2.75, 3.05) is 13.2 Å². The van der Waals surface area contributed by atoms with E-state index >= 15 is 0 Å². The van der Waals surface area contributed by atoms with Gasteiger partial charge in [0.15, 0.2) is 0 Å². The van der Waals surface area contributed by atoms with E-state index in [1.807, 2.05) is 0 Å². The van der Waals surface area contributed by atoms with Crippen molar-refractivity contribution < 1.29 is 19.1 Å². The number of ether oxygens (including phenoxy) is 2. The molecule has 2 rings (SSSR count). The molecule has 22 heavy (non-hydrogen) atoms. The highest BCUT2D eigenvalue weighted by atomic mass is 35.5. The Labute approximate surface area is 137 Å². The average Bonchev–Trinajstić information content (AvgIpc) is 2.52. The fourth-order valence-corrected chi connectivity index (χ4v) is 1.98. The normalized spacial score (nSPS) is 10.1. The second-order valence-corrected chi connectivity index (χ2v) is 5.10. The van der Waals surface area contributed by atoms with Gasteiger partial charge in [0, 0.05) is 5.02 Å². The number of esters is 2. The van der Waals surface area contributed by atoms with Crippen LogP contribution in [-0.4, -0.2) is 25.2 Å². The Bertz CT molecular complexity index is 668. The lowest BCUT2D eigenvalue weighted by molar-refractivity contribution is 0.0266. The van der Waals surface area contributed by atoms with Gasteiger partial charge in [0.25, 0.3) is 0 Å². The topological polar surface area (TPSA) is 52.6 Å². The molecule has 0 aromatic heterocycles. The number of rotatable bonds is 5. The maximum absolute atomic E-state index is 11.8. The monoisotopic (exact) mass is 338 g/mol. The fraction of sp³-hybridized carbons (Fsp3) is 0.125.